The van der Waals surface area contributed by atoms with Crippen LogP contribution in [0.5, 0.6) is 0 Å². The van der Waals surface area contributed by atoms with Gasteiger partial charge in [0.25, 0.3) is 0 Å². The number of hydrogen-bond acceptors (Lipinski definition) is 2. The van der Waals surface area contributed by atoms with Crippen LogP contribution >= 0.6 is 0 Å². The predicted molar refractivity (Wildman–Crippen MR) is 50.9 cm³/mol. The van der Waals surface area contributed by atoms with Crippen molar-refractivity contribution in [3.05, 3.63) is 0 Å². The molecule has 1 saturated heterocycles. The molecular formula is C10H20N2. The molecular weight excluding hydrogens is 148 g/mol. The number of likely N-dealkylation sites (tertiary alicyclic amines) is 1. The van der Waals surface area contributed by atoms with E-state index in [-0.39, 0.29) is 0 Å². The van der Waals surface area contributed by atoms with E-state index in [9.17, 15) is 0 Å². The van der Waals surface area contributed by atoms with Gasteiger partial charge in [0.15, 0.2) is 0 Å². The molecule has 2 aliphatic rings. The van der Waals surface area contributed by atoms with Crippen LogP contribution in [0.3, 0.4) is 0 Å². The Morgan fingerprint density at radius 1 is 1.33 bits per heavy atom. The van der Waals surface area contributed by atoms with Crippen molar-refractivity contribution in [2.45, 2.75) is 25.7 Å². The lowest BCUT2D eigenvalue weighted by Gasteiger charge is -2.34. The van der Waals surface area contributed by atoms with E-state index in [1.54, 1.807) is 0 Å². The van der Waals surface area contributed by atoms with Crippen molar-refractivity contribution in [1.82, 2.24) is 4.90 Å². The molecule has 1 heterocycles. The van der Waals surface area contributed by atoms with Gasteiger partial charge in [-0.15, -0.1) is 0 Å². The smallest absolute Gasteiger partial charge is 0.00179 e. The van der Waals surface area contributed by atoms with Gasteiger partial charge in [0, 0.05) is 0 Å². The zero-order chi connectivity index (χ0) is 8.60. The van der Waals surface area contributed by atoms with Gasteiger partial charge in [-0.25, -0.2) is 0 Å². The Kier molecular flexibility index (Phi) is 2.13. The minimum absolute atomic E-state index is 0.598. The highest BCUT2D eigenvalue weighted by atomic mass is 15.1. The van der Waals surface area contributed by atoms with Crippen molar-refractivity contribution in [3.8, 4) is 0 Å². The maximum absolute atomic E-state index is 5.82. The fourth-order valence-electron chi connectivity index (χ4n) is 2.56. The highest BCUT2D eigenvalue weighted by Gasteiger charge is 2.48. The fraction of sp³-hybridized carbons (Fsp3) is 1.00. The summed E-state index contributed by atoms with van der Waals surface area (Å²) >= 11 is 0. The monoisotopic (exact) mass is 168 g/mol. The molecule has 0 aromatic heterocycles. The van der Waals surface area contributed by atoms with Gasteiger partial charge in [-0.05, 0) is 63.7 Å². The number of hydrogen-bond donors (Lipinski definition) is 1. The topological polar surface area (TPSA) is 29.3 Å². The summed E-state index contributed by atoms with van der Waals surface area (Å²) in [5.74, 6) is 0.943. The highest BCUT2D eigenvalue weighted by Crippen LogP contribution is 2.54. The van der Waals surface area contributed by atoms with Crippen LogP contribution in [0.15, 0.2) is 0 Å². The average molecular weight is 168 g/mol. The first-order valence-electron chi connectivity index (χ1n) is 5.15. The molecule has 2 N–H and O–H groups in total. The predicted octanol–water partition coefficient (Wildman–Crippen LogP) is 1.07. The zero-order valence-corrected chi connectivity index (χ0v) is 8.05. The minimum Gasteiger partial charge on any atom is -0.330 e. The molecule has 70 valence electrons. The van der Waals surface area contributed by atoms with E-state index in [2.05, 4.69) is 11.9 Å². The van der Waals surface area contributed by atoms with Crippen molar-refractivity contribution in [2.75, 3.05) is 26.7 Å². The number of nitrogens with zero attached hydrogens (tertiary/aromatic N) is 1. The first-order chi connectivity index (χ1) is 5.77. The zero-order valence-electron chi connectivity index (χ0n) is 8.05. The van der Waals surface area contributed by atoms with E-state index in [1.807, 2.05) is 0 Å². The van der Waals surface area contributed by atoms with Gasteiger partial charge in [-0.2, -0.15) is 0 Å². The third kappa shape index (κ3) is 1.38. The molecule has 0 amide bonds. The molecule has 0 aromatic carbocycles. The molecule has 2 rings (SSSR count). The van der Waals surface area contributed by atoms with Crippen LogP contribution in [-0.2, 0) is 0 Å². The molecule has 1 aliphatic carbocycles. The Morgan fingerprint density at radius 2 is 1.92 bits per heavy atom. The molecule has 0 radical (unpaired) electrons. The molecule has 2 nitrogen and oxygen atoms in total. The summed E-state index contributed by atoms with van der Waals surface area (Å²) in [6, 6.07) is 0. The summed E-state index contributed by atoms with van der Waals surface area (Å²) in [4.78, 5) is 2.43. The third-order valence-corrected chi connectivity index (χ3v) is 3.88. The van der Waals surface area contributed by atoms with Crippen molar-refractivity contribution in [1.29, 1.82) is 0 Å². The summed E-state index contributed by atoms with van der Waals surface area (Å²) in [7, 11) is 2.22. The van der Waals surface area contributed by atoms with Gasteiger partial charge >= 0.3 is 0 Å². The fourth-order valence-corrected chi connectivity index (χ4v) is 2.56. The number of rotatable bonds is 2. The SMILES string of the molecule is CN1CCC(C2(CN)CC2)CC1. The second-order valence-corrected chi connectivity index (χ2v) is 4.64. The summed E-state index contributed by atoms with van der Waals surface area (Å²) < 4.78 is 0. The van der Waals surface area contributed by atoms with Crippen LogP contribution in [0.4, 0.5) is 0 Å². The second kappa shape index (κ2) is 3.00. The maximum atomic E-state index is 5.82. The van der Waals surface area contributed by atoms with E-state index in [0.717, 1.165) is 12.5 Å². The number of nitrogens with two attached hydrogens (primary N) is 1. The molecule has 0 bridgehead atoms. The Balaban J connectivity index is 1.89. The Morgan fingerprint density at radius 3 is 2.33 bits per heavy atom. The lowest BCUT2D eigenvalue weighted by Crippen LogP contribution is -2.36. The van der Waals surface area contributed by atoms with Crippen LogP contribution in [0.25, 0.3) is 0 Å². The molecule has 2 fully saturated rings. The van der Waals surface area contributed by atoms with Crippen molar-refractivity contribution in [3.63, 3.8) is 0 Å². The van der Waals surface area contributed by atoms with Gasteiger partial charge in [0.05, 0.1) is 0 Å². The molecule has 0 atom stereocenters. The van der Waals surface area contributed by atoms with Gasteiger partial charge in [-0.3, -0.25) is 0 Å². The largest absolute Gasteiger partial charge is 0.330 e. The van der Waals surface area contributed by atoms with Crippen molar-refractivity contribution < 1.29 is 0 Å². The van der Waals surface area contributed by atoms with E-state index in [4.69, 9.17) is 5.73 Å². The lowest BCUT2D eigenvalue weighted by molar-refractivity contribution is 0.161. The lowest BCUT2D eigenvalue weighted by atomic mass is 9.82. The normalized spacial score (nSPS) is 30.5. The standard InChI is InChI=1S/C10H20N2/c1-12-6-2-9(3-7-12)10(8-11)4-5-10/h9H,2-8,11H2,1H3. The van der Waals surface area contributed by atoms with Gasteiger partial charge in [-0.1, -0.05) is 0 Å². The molecule has 2 heteroatoms. The van der Waals surface area contributed by atoms with Gasteiger partial charge in [0.2, 0.25) is 0 Å². The molecule has 0 unspecified atom stereocenters. The Labute approximate surface area is 75.1 Å². The first kappa shape index (κ1) is 8.52. The minimum atomic E-state index is 0.598. The summed E-state index contributed by atoms with van der Waals surface area (Å²) in [5.41, 5.74) is 6.42. The van der Waals surface area contributed by atoms with E-state index in [0.29, 0.717) is 5.41 Å². The van der Waals surface area contributed by atoms with E-state index < -0.39 is 0 Å². The van der Waals surface area contributed by atoms with Crippen LogP contribution in [0, 0.1) is 11.3 Å². The van der Waals surface area contributed by atoms with E-state index >= 15 is 0 Å². The second-order valence-electron chi connectivity index (χ2n) is 4.64. The Hall–Kier alpha value is -0.0800. The maximum Gasteiger partial charge on any atom is -0.00179 e. The van der Waals surface area contributed by atoms with Crippen molar-refractivity contribution in [2.24, 2.45) is 17.1 Å². The Bertz CT molecular complexity index is 155. The van der Waals surface area contributed by atoms with Crippen LogP contribution in [0.2, 0.25) is 0 Å². The quantitative estimate of drug-likeness (QED) is 0.668. The highest BCUT2D eigenvalue weighted by molar-refractivity contribution is 5.00. The summed E-state index contributed by atoms with van der Waals surface area (Å²) in [6.07, 6.45) is 5.57. The molecule has 12 heavy (non-hydrogen) atoms. The van der Waals surface area contributed by atoms with Crippen LogP contribution in [0.1, 0.15) is 25.7 Å². The molecule has 0 aromatic rings. The summed E-state index contributed by atoms with van der Waals surface area (Å²) in [6.45, 7) is 3.50. The van der Waals surface area contributed by atoms with Gasteiger partial charge in [0.1, 0.15) is 0 Å². The number of piperidine rings is 1. The first-order valence-corrected chi connectivity index (χ1v) is 5.15. The van der Waals surface area contributed by atoms with Crippen LogP contribution in [-0.4, -0.2) is 31.6 Å². The van der Waals surface area contributed by atoms with Crippen LogP contribution < -0.4 is 5.73 Å². The van der Waals surface area contributed by atoms with Gasteiger partial charge < -0.3 is 10.6 Å². The third-order valence-electron chi connectivity index (χ3n) is 3.88. The van der Waals surface area contributed by atoms with Crippen molar-refractivity contribution >= 4 is 0 Å². The molecule has 1 aliphatic heterocycles. The average Bonchev–Trinajstić information content (AvgIpc) is 2.86. The summed E-state index contributed by atoms with van der Waals surface area (Å²) in [5, 5.41) is 0. The molecule has 0 spiro atoms. The molecule has 1 saturated carbocycles. The van der Waals surface area contributed by atoms with E-state index in [1.165, 1.54) is 38.8 Å².